The van der Waals surface area contributed by atoms with E-state index in [1.807, 2.05) is 30.3 Å². The minimum Gasteiger partial charge on any atom is -0.494 e. The zero-order valence-corrected chi connectivity index (χ0v) is 11.1. The van der Waals surface area contributed by atoms with Gasteiger partial charge in [-0.25, -0.2) is 0 Å². The lowest BCUT2D eigenvalue weighted by atomic mass is 10.2. The molecule has 100 valence electrons. The average molecular weight is 269 g/mol. The molecule has 1 aromatic rings. The van der Waals surface area contributed by atoms with Gasteiger partial charge in [-0.1, -0.05) is 18.2 Å². The Bertz CT molecular complexity index is 345. The standard InChI is InChI=1S/C13H19NO3S/c14-12(13(15)16)7-10-18-9-4-8-17-11-5-2-1-3-6-11/h1-3,5-6,12H,4,7-10,14H2,(H,15,16). The normalized spacial score (nSPS) is 12.1. The molecule has 5 heteroatoms. The molecule has 1 unspecified atom stereocenters. The molecule has 0 amide bonds. The molecule has 0 spiro atoms. The van der Waals surface area contributed by atoms with E-state index in [9.17, 15) is 4.79 Å². The van der Waals surface area contributed by atoms with Crippen molar-refractivity contribution in [3.05, 3.63) is 30.3 Å². The molecular weight excluding hydrogens is 250 g/mol. The van der Waals surface area contributed by atoms with E-state index in [4.69, 9.17) is 15.6 Å². The van der Waals surface area contributed by atoms with Crippen molar-refractivity contribution >= 4 is 17.7 Å². The molecule has 1 atom stereocenters. The third-order valence-corrected chi connectivity index (χ3v) is 3.44. The largest absolute Gasteiger partial charge is 0.494 e. The summed E-state index contributed by atoms with van der Waals surface area (Å²) in [5.74, 6) is 1.69. The van der Waals surface area contributed by atoms with Crippen molar-refractivity contribution in [2.45, 2.75) is 18.9 Å². The van der Waals surface area contributed by atoms with Gasteiger partial charge in [-0.3, -0.25) is 4.79 Å². The maximum atomic E-state index is 10.5. The van der Waals surface area contributed by atoms with Crippen molar-refractivity contribution in [1.29, 1.82) is 0 Å². The lowest BCUT2D eigenvalue weighted by Crippen LogP contribution is -2.30. The number of carboxylic acid groups (broad SMARTS) is 1. The zero-order chi connectivity index (χ0) is 13.2. The fraction of sp³-hybridized carbons (Fsp3) is 0.462. The van der Waals surface area contributed by atoms with Crippen molar-refractivity contribution in [1.82, 2.24) is 0 Å². The molecule has 0 aliphatic rings. The van der Waals surface area contributed by atoms with Crippen LogP contribution >= 0.6 is 11.8 Å². The molecule has 0 aliphatic heterocycles. The number of aliphatic carboxylic acids is 1. The van der Waals surface area contributed by atoms with E-state index >= 15 is 0 Å². The smallest absolute Gasteiger partial charge is 0.320 e. The molecule has 1 rings (SSSR count). The van der Waals surface area contributed by atoms with Crippen molar-refractivity contribution in [3.63, 3.8) is 0 Å². The van der Waals surface area contributed by atoms with Gasteiger partial charge in [0.1, 0.15) is 11.8 Å². The number of benzene rings is 1. The first-order valence-corrected chi connectivity index (χ1v) is 7.09. The summed E-state index contributed by atoms with van der Waals surface area (Å²) in [6, 6.07) is 8.96. The van der Waals surface area contributed by atoms with Gasteiger partial charge in [0.15, 0.2) is 0 Å². The predicted octanol–water partition coefficient (Wildman–Crippen LogP) is 1.99. The maximum absolute atomic E-state index is 10.5. The van der Waals surface area contributed by atoms with Gasteiger partial charge in [0.2, 0.25) is 0 Å². The Labute approximate surface area is 112 Å². The topological polar surface area (TPSA) is 72.5 Å². The van der Waals surface area contributed by atoms with Crippen LogP contribution in [0.4, 0.5) is 0 Å². The molecule has 0 heterocycles. The summed E-state index contributed by atoms with van der Waals surface area (Å²) in [7, 11) is 0. The monoisotopic (exact) mass is 269 g/mol. The Morgan fingerprint density at radius 3 is 2.72 bits per heavy atom. The van der Waals surface area contributed by atoms with Crippen LogP contribution in [0.2, 0.25) is 0 Å². The molecule has 0 aliphatic carbocycles. The fourth-order valence-electron chi connectivity index (χ4n) is 1.30. The predicted molar refractivity (Wildman–Crippen MR) is 74.1 cm³/mol. The minimum atomic E-state index is -0.928. The molecule has 1 aromatic carbocycles. The van der Waals surface area contributed by atoms with E-state index in [0.717, 1.165) is 23.7 Å². The Hall–Kier alpha value is -1.20. The summed E-state index contributed by atoms with van der Waals surface area (Å²) in [4.78, 5) is 10.5. The maximum Gasteiger partial charge on any atom is 0.320 e. The SMILES string of the molecule is NC(CCSCCCOc1ccccc1)C(=O)O. The van der Waals surface area contributed by atoms with Crippen LogP contribution in [-0.2, 0) is 4.79 Å². The second-order valence-electron chi connectivity index (χ2n) is 3.86. The number of hydrogen-bond acceptors (Lipinski definition) is 4. The number of rotatable bonds is 9. The van der Waals surface area contributed by atoms with E-state index in [1.54, 1.807) is 11.8 Å². The second-order valence-corrected chi connectivity index (χ2v) is 5.09. The molecule has 0 bridgehead atoms. The summed E-state index contributed by atoms with van der Waals surface area (Å²) in [5, 5.41) is 8.59. The fourth-order valence-corrected chi connectivity index (χ4v) is 2.25. The molecule has 18 heavy (non-hydrogen) atoms. The van der Waals surface area contributed by atoms with Gasteiger partial charge in [0, 0.05) is 0 Å². The summed E-state index contributed by atoms with van der Waals surface area (Å²) >= 11 is 1.71. The van der Waals surface area contributed by atoms with Crippen LogP contribution in [0.3, 0.4) is 0 Å². The van der Waals surface area contributed by atoms with Crippen LogP contribution in [-0.4, -0.2) is 35.2 Å². The minimum absolute atomic E-state index is 0.513. The van der Waals surface area contributed by atoms with Crippen LogP contribution in [0, 0.1) is 0 Å². The van der Waals surface area contributed by atoms with Crippen molar-refractivity contribution in [3.8, 4) is 5.75 Å². The lowest BCUT2D eigenvalue weighted by Gasteiger charge is -2.07. The van der Waals surface area contributed by atoms with Gasteiger partial charge >= 0.3 is 5.97 Å². The molecule has 0 radical (unpaired) electrons. The van der Waals surface area contributed by atoms with E-state index in [-0.39, 0.29) is 0 Å². The Morgan fingerprint density at radius 1 is 1.33 bits per heavy atom. The number of carboxylic acids is 1. The lowest BCUT2D eigenvalue weighted by molar-refractivity contribution is -0.138. The number of hydrogen-bond donors (Lipinski definition) is 2. The first kappa shape index (κ1) is 14.9. The molecule has 3 N–H and O–H groups in total. The Morgan fingerprint density at radius 2 is 2.06 bits per heavy atom. The van der Waals surface area contributed by atoms with Crippen LogP contribution in [0.15, 0.2) is 30.3 Å². The van der Waals surface area contributed by atoms with Crippen LogP contribution < -0.4 is 10.5 Å². The van der Waals surface area contributed by atoms with E-state index < -0.39 is 12.0 Å². The average Bonchev–Trinajstić information content (AvgIpc) is 2.38. The van der Waals surface area contributed by atoms with Crippen LogP contribution in [0.5, 0.6) is 5.75 Å². The molecule has 4 nitrogen and oxygen atoms in total. The highest BCUT2D eigenvalue weighted by atomic mass is 32.2. The highest BCUT2D eigenvalue weighted by Gasteiger charge is 2.09. The number of nitrogens with two attached hydrogens (primary N) is 1. The van der Waals surface area contributed by atoms with Gasteiger partial charge in [-0.05, 0) is 36.5 Å². The highest BCUT2D eigenvalue weighted by molar-refractivity contribution is 7.99. The van der Waals surface area contributed by atoms with Crippen molar-refractivity contribution in [2.24, 2.45) is 5.73 Å². The van der Waals surface area contributed by atoms with Gasteiger partial charge in [0.25, 0.3) is 0 Å². The van der Waals surface area contributed by atoms with Gasteiger partial charge in [-0.2, -0.15) is 11.8 Å². The first-order chi connectivity index (χ1) is 8.70. The van der Waals surface area contributed by atoms with Gasteiger partial charge in [-0.15, -0.1) is 0 Å². The second kappa shape index (κ2) is 8.83. The molecular formula is C13H19NO3S. The Balaban J connectivity index is 1.95. The Kier molecular flexibility index (Phi) is 7.29. The molecule has 0 fully saturated rings. The summed E-state index contributed by atoms with van der Waals surface area (Å²) in [5.41, 5.74) is 5.40. The summed E-state index contributed by atoms with van der Waals surface area (Å²) in [6.07, 6.45) is 1.46. The third-order valence-electron chi connectivity index (χ3n) is 2.34. The number of carbonyl (C=O) groups is 1. The van der Waals surface area contributed by atoms with Crippen molar-refractivity contribution < 1.29 is 14.6 Å². The molecule has 0 aromatic heterocycles. The van der Waals surface area contributed by atoms with Crippen molar-refractivity contribution in [2.75, 3.05) is 18.1 Å². The van der Waals surface area contributed by atoms with E-state index in [2.05, 4.69) is 0 Å². The molecule has 0 saturated carbocycles. The highest BCUT2D eigenvalue weighted by Crippen LogP contribution is 2.10. The van der Waals surface area contributed by atoms with Gasteiger partial charge < -0.3 is 15.6 Å². The first-order valence-electron chi connectivity index (χ1n) is 5.94. The van der Waals surface area contributed by atoms with E-state index in [1.165, 1.54) is 0 Å². The summed E-state index contributed by atoms with van der Waals surface area (Å²) in [6.45, 7) is 0.683. The van der Waals surface area contributed by atoms with E-state index in [0.29, 0.717) is 13.0 Å². The summed E-state index contributed by atoms with van der Waals surface area (Å²) < 4.78 is 5.54. The quantitative estimate of drug-likeness (QED) is 0.671. The van der Waals surface area contributed by atoms with Crippen LogP contribution in [0.25, 0.3) is 0 Å². The molecule has 0 saturated heterocycles. The number of ether oxygens (including phenoxy) is 1. The number of thioether (sulfide) groups is 1. The number of para-hydroxylation sites is 1. The zero-order valence-electron chi connectivity index (χ0n) is 10.2. The van der Waals surface area contributed by atoms with Crippen LogP contribution in [0.1, 0.15) is 12.8 Å². The third kappa shape index (κ3) is 6.51. The van der Waals surface area contributed by atoms with Gasteiger partial charge in [0.05, 0.1) is 6.61 Å².